The van der Waals surface area contributed by atoms with Crippen LogP contribution in [0.25, 0.3) is 0 Å². The van der Waals surface area contributed by atoms with E-state index in [2.05, 4.69) is 5.32 Å². The molecule has 130 valence electrons. The smallest absolute Gasteiger partial charge is 0.261 e. The Bertz CT molecular complexity index is 865. The molecule has 0 fully saturated rings. The van der Waals surface area contributed by atoms with Crippen molar-refractivity contribution in [2.75, 3.05) is 18.5 Å². The van der Waals surface area contributed by atoms with Gasteiger partial charge in [-0.1, -0.05) is 12.1 Å². The monoisotopic (exact) mass is 349 g/mol. The highest BCUT2D eigenvalue weighted by atomic mass is 16.5. The average Bonchev–Trinajstić information content (AvgIpc) is 2.88. The molecule has 7 heteroatoms. The summed E-state index contributed by atoms with van der Waals surface area (Å²) >= 11 is 0. The molecule has 2 aromatic rings. The van der Waals surface area contributed by atoms with Gasteiger partial charge in [-0.2, -0.15) is 5.26 Å². The van der Waals surface area contributed by atoms with Crippen molar-refractivity contribution >= 4 is 23.4 Å². The molecule has 0 bridgehead atoms. The molecule has 0 spiro atoms. The highest BCUT2D eigenvalue weighted by Gasteiger charge is 2.34. The number of amides is 3. The molecular weight excluding hydrogens is 334 g/mol. The van der Waals surface area contributed by atoms with E-state index < -0.39 is 0 Å². The number of carbonyl (C=O) groups excluding carboxylic acids is 3. The fourth-order valence-corrected chi connectivity index (χ4v) is 2.61. The Morgan fingerprint density at radius 1 is 1.04 bits per heavy atom. The molecule has 3 rings (SSSR count). The summed E-state index contributed by atoms with van der Waals surface area (Å²) in [5.74, 6) is -0.471. The number of nitrogens with zero attached hydrogens (tertiary/aromatic N) is 2. The lowest BCUT2D eigenvalue weighted by Gasteiger charge is -2.14. The van der Waals surface area contributed by atoms with Crippen molar-refractivity contribution in [2.45, 2.75) is 6.42 Å². The molecule has 0 aromatic heterocycles. The van der Waals surface area contributed by atoms with Crippen LogP contribution in [-0.4, -0.2) is 35.8 Å². The minimum absolute atomic E-state index is 0.146. The van der Waals surface area contributed by atoms with Gasteiger partial charge in [-0.3, -0.25) is 19.3 Å². The van der Waals surface area contributed by atoms with Gasteiger partial charge in [-0.05, 0) is 36.4 Å². The fraction of sp³-hybridized carbons (Fsp3) is 0.158. The van der Waals surface area contributed by atoms with Gasteiger partial charge in [-0.25, -0.2) is 0 Å². The first kappa shape index (κ1) is 17.2. The van der Waals surface area contributed by atoms with E-state index in [4.69, 9.17) is 10.00 Å². The van der Waals surface area contributed by atoms with Crippen molar-refractivity contribution in [3.8, 4) is 11.8 Å². The quantitative estimate of drug-likeness (QED) is 0.806. The zero-order chi connectivity index (χ0) is 18.5. The maximum absolute atomic E-state index is 12.2. The maximum atomic E-state index is 12.2. The summed E-state index contributed by atoms with van der Waals surface area (Å²) in [7, 11) is 0. The van der Waals surface area contributed by atoms with Crippen LogP contribution >= 0.6 is 0 Å². The third-order valence-electron chi connectivity index (χ3n) is 3.84. The molecule has 3 amide bonds. The minimum atomic E-state index is -0.383. The summed E-state index contributed by atoms with van der Waals surface area (Å²) in [6.07, 6.45) is -0.210. The predicted octanol–water partition coefficient (Wildman–Crippen LogP) is 2.21. The van der Waals surface area contributed by atoms with Crippen LogP contribution in [0, 0.1) is 11.3 Å². The molecule has 0 atom stereocenters. The van der Waals surface area contributed by atoms with Crippen LogP contribution in [0.15, 0.2) is 48.5 Å². The van der Waals surface area contributed by atoms with Crippen LogP contribution in [0.2, 0.25) is 0 Å². The first-order valence-electron chi connectivity index (χ1n) is 7.95. The van der Waals surface area contributed by atoms with Crippen molar-refractivity contribution < 1.29 is 19.1 Å². The Labute approximate surface area is 149 Å². The van der Waals surface area contributed by atoms with E-state index in [-0.39, 0.29) is 37.3 Å². The highest BCUT2D eigenvalue weighted by Crippen LogP contribution is 2.22. The van der Waals surface area contributed by atoms with Crippen molar-refractivity contribution in [2.24, 2.45) is 0 Å². The molecule has 0 aliphatic carbocycles. The van der Waals surface area contributed by atoms with E-state index in [1.54, 1.807) is 54.6 Å². The van der Waals surface area contributed by atoms with Crippen LogP contribution in [-0.2, 0) is 4.79 Å². The number of nitriles is 1. The molecule has 26 heavy (non-hydrogen) atoms. The lowest BCUT2D eigenvalue weighted by Crippen LogP contribution is -2.33. The number of fused-ring (bicyclic) bond motifs is 1. The SMILES string of the molecule is N#CCC(=O)Nc1ccc(OCCN2C(=O)c3ccccc3C2=O)cc1. The first-order valence-corrected chi connectivity index (χ1v) is 7.95. The zero-order valence-corrected chi connectivity index (χ0v) is 13.8. The molecule has 1 N–H and O–H groups in total. The number of carbonyl (C=O) groups is 3. The second-order valence-corrected chi connectivity index (χ2v) is 5.56. The van der Waals surface area contributed by atoms with E-state index in [1.807, 2.05) is 0 Å². The molecule has 0 unspecified atom stereocenters. The number of ether oxygens (including phenoxy) is 1. The molecule has 0 radical (unpaired) electrons. The second kappa shape index (κ2) is 7.49. The van der Waals surface area contributed by atoms with E-state index in [1.165, 1.54) is 4.90 Å². The summed E-state index contributed by atoms with van der Waals surface area (Å²) in [5.41, 5.74) is 1.38. The molecule has 7 nitrogen and oxygen atoms in total. The molecule has 1 aliphatic rings. The number of imide groups is 1. The van der Waals surface area contributed by atoms with Crippen molar-refractivity contribution in [1.29, 1.82) is 5.26 Å². The Balaban J connectivity index is 1.53. The first-order chi connectivity index (χ1) is 12.6. The molecule has 1 aliphatic heterocycles. The van der Waals surface area contributed by atoms with E-state index >= 15 is 0 Å². The summed E-state index contributed by atoms with van der Waals surface area (Å²) in [4.78, 5) is 37.0. The van der Waals surface area contributed by atoms with Crippen LogP contribution in [0.3, 0.4) is 0 Å². The summed E-state index contributed by atoms with van der Waals surface area (Å²) in [6.45, 7) is 0.304. The van der Waals surface area contributed by atoms with Crippen molar-refractivity contribution in [3.63, 3.8) is 0 Å². The Morgan fingerprint density at radius 3 is 2.23 bits per heavy atom. The average molecular weight is 349 g/mol. The van der Waals surface area contributed by atoms with Crippen LogP contribution in [0.4, 0.5) is 5.69 Å². The summed E-state index contributed by atoms with van der Waals surface area (Å²) in [6, 6.07) is 15.1. The van der Waals surface area contributed by atoms with Gasteiger partial charge in [0.1, 0.15) is 18.8 Å². The second-order valence-electron chi connectivity index (χ2n) is 5.56. The van der Waals surface area contributed by atoms with Gasteiger partial charge in [-0.15, -0.1) is 0 Å². The number of nitrogens with one attached hydrogen (secondary N) is 1. The highest BCUT2D eigenvalue weighted by molar-refractivity contribution is 6.21. The number of hydrogen-bond acceptors (Lipinski definition) is 5. The Hall–Kier alpha value is -3.66. The topological polar surface area (TPSA) is 99.5 Å². The van der Waals surface area contributed by atoms with Gasteiger partial charge in [0.05, 0.1) is 23.7 Å². The normalized spacial score (nSPS) is 12.5. The van der Waals surface area contributed by atoms with Gasteiger partial charge in [0.25, 0.3) is 11.8 Å². The van der Waals surface area contributed by atoms with Gasteiger partial charge < -0.3 is 10.1 Å². The number of hydrogen-bond donors (Lipinski definition) is 1. The van der Waals surface area contributed by atoms with Crippen LogP contribution < -0.4 is 10.1 Å². The zero-order valence-electron chi connectivity index (χ0n) is 13.8. The number of anilines is 1. The van der Waals surface area contributed by atoms with Gasteiger partial charge in [0.2, 0.25) is 5.91 Å². The van der Waals surface area contributed by atoms with Crippen LogP contribution in [0.5, 0.6) is 5.75 Å². The van der Waals surface area contributed by atoms with Gasteiger partial charge in [0.15, 0.2) is 0 Å². The third kappa shape index (κ3) is 3.54. The summed E-state index contributed by atoms with van der Waals surface area (Å²) in [5, 5.41) is 11.0. The summed E-state index contributed by atoms with van der Waals surface area (Å²) < 4.78 is 5.56. The Kier molecular flexibility index (Phi) is 4.94. The van der Waals surface area contributed by atoms with Gasteiger partial charge >= 0.3 is 0 Å². The van der Waals surface area contributed by atoms with Gasteiger partial charge in [0, 0.05) is 5.69 Å². The van der Waals surface area contributed by atoms with Crippen LogP contribution in [0.1, 0.15) is 27.1 Å². The molecule has 0 saturated carbocycles. The maximum Gasteiger partial charge on any atom is 0.261 e. The lowest BCUT2D eigenvalue weighted by atomic mass is 10.1. The van der Waals surface area contributed by atoms with E-state index in [9.17, 15) is 14.4 Å². The van der Waals surface area contributed by atoms with Crippen molar-refractivity contribution in [3.05, 3.63) is 59.7 Å². The third-order valence-corrected chi connectivity index (χ3v) is 3.84. The predicted molar refractivity (Wildman–Crippen MR) is 92.6 cm³/mol. The molecule has 1 heterocycles. The Morgan fingerprint density at radius 2 is 1.65 bits per heavy atom. The van der Waals surface area contributed by atoms with Crippen molar-refractivity contribution in [1.82, 2.24) is 4.90 Å². The fourth-order valence-electron chi connectivity index (χ4n) is 2.61. The minimum Gasteiger partial charge on any atom is -0.492 e. The van der Waals surface area contributed by atoms with E-state index in [0.29, 0.717) is 22.6 Å². The molecular formula is C19H15N3O4. The standard InChI is InChI=1S/C19H15N3O4/c20-10-9-17(23)21-13-5-7-14(8-6-13)26-12-11-22-18(24)15-3-1-2-4-16(15)19(22)25/h1-8H,9,11-12H2,(H,21,23). The number of rotatable bonds is 6. The number of benzene rings is 2. The lowest BCUT2D eigenvalue weighted by molar-refractivity contribution is -0.115. The van der Waals surface area contributed by atoms with E-state index in [0.717, 1.165) is 0 Å². The molecule has 2 aromatic carbocycles. The molecule has 0 saturated heterocycles. The largest absolute Gasteiger partial charge is 0.492 e.